The minimum absolute atomic E-state index is 0.0880. The van der Waals surface area contributed by atoms with Gasteiger partial charge in [0, 0.05) is 11.1 Å². The zero-order chi connectivity index (χ0) is 15.7. The SMILES string of the molecule is C#CCC(=O)NC(C)(C)C.C=CC(=O)NC(C)(C)C. The molecule has 0 rings (SSSR count). The standard InChI is InChI=1S/C8H13NO.C7H13NO/c1-5-6-7(10)9-8(2,3)4;1-5-6(9)8-7(2,3)4/h1H,6H2,2-4H3,(H,9,10);5H,1H2,2-4H3,(H,8,9). The van der Waals surface area contributed by atoms with E-state index in [-0.39, 0.29) is 29.3 Å². The van der Waals surface area contributed by atoms with Crippen molar-refractivity contribution in [2.24, 2.45) is 0 Å². The first-order valence-corrected chi connectivity index (χ1v) is 6.10. The van der Waals surface area contributed by atoms with Gasteiger partial charge in [0.1, 0.15) is 0 Å². The fraction of sp³-hybridized carbons (Fsp3) is 0.600. The van der Waals surface area contributed by atoms with Crippen LogP contribution in [0.5, 0.6) is 0 Å². The highest BCUT2D eigenvalue weighted by Crippen LogP contribution is 1.98. The van der Waals surface area contributed by atoms with Crippen LogP contribution in [0.2, 0.25) is 0 Å². The Morgan fingerprint density at radius 1 is 1.11 bits per heavy atom. The first kappa shape index (κ1) is 19.6. The smallest absolute Gasteiger partial charge is 0.243 e. The normalized spacial score (nSPS) is 10.4. The zero-order valence-electron chi connectivity index (χ0n) is 12.9. The summed E-state index contributed by atoms with van der Waals surface area (Å²) in [6.07, 6.45) is 6.37. The van der Waals surface area contributed by atoms with Gasteiger partial charge in [0.15, 0.2) is 0 Å². The van der Waals surface area contributed by atoms with E-state index in [4.69, 9.17) is 6.42 Å². The maximum absolute atomic E-state index is 10.8. The summed E-state index contributed by atoms with van der Waals surface area (Å²) in [6, 6.07) is 0. The van der Waals surface area contributed by atoms with Crippen molar-refractivity contribution in [3.8, 4) is 12.3 Å². The van der Waals surface area contributed by atoms with Crippen LogP contribution in [0.4, 0.5) is 0 Å². The maximum atomic E-state index is 10.8. The Morgan fingerprint density at radius 2 is 1.53 bits per heavy atom. The van der Waals surface area contributed by atoms with Crippen LogP contribution in [0.25, 0.3) is 0 Å². The Hall–Kier alpha value is -1.76. The summed E-state index contributed by atoms with van der Waals surface area (Å²) in [5, 5.41) is 5.45. The topological polar surface area (TPSA) is 58.2 Å². The number of rotatable bonds is 2. The molecule has 0 radical (unpaired) electrons. The molecule has 0 fully saturated rings. The van der Waals surface area contributed by atoms with Crippen LogP contribution >= 0.6 is 0 Å². The molecule has 0 saturated heterocycles. The quantitative estimate of drug-likeness (QED) is 0.593. The molecule has 108 valence electrons. The predicted molar refractivity (Wildman–Crippen MR) is 79.4 cm³/mol. The molecule has 0 aliphatic carbocycles. The van der Waals surface area contributed by atoms with Gasteiger partial charge in [-0.15, -0.1) is 6.42 Å². The molecule has 2 amide bonds. The number of amides is 2. The van der Waals surface area contributed by atoms with Crippen LogP contribution in [-0.2, 0) is 9.59 Å². The van der Waals surface area contributed by atoms with Crippen molar-refractivity contribution in [1.29, 1.82) is 0 Å². The predicted octanol–water partition coefficient (Wildman–Crippen LogP) is 2.01. The molecule has 0 bridgehead atoms. The molecular weight excluding hydrogens is 240 g/mol. The summed E-state index contributed by atoms with van der Waals surface area (Å²) in [6.45, 7) is 14.9. The minimum Gasteiger partial charge on any atom is -0.351 e. The molecule has 0 unspecified atom stereocenters. The lowest BCUT2D eigenvalue weighted by Gasteiger charge is -2.19. The van der Waals surface area contributed by atoms with E-state index in [9.17, 15) is 9.59 Å². The number of nitrogens with one attached hydrogen (secondary N) is 2. The van der Waals surface area contributed by atoms with Crippen molar-refractivity contribution in [2.45, 2.75) is 59.0 Å². The van der Waals surface area contributed by atoms with Crippen LogP contribution in [0.15, 0.2) is 12.7 Å². The molecule has 0 saturated carbocycles. The molecule has 4 nitrogen and oxygen atoms in total. The molecule has 0 atom stereocenters. The van der Waals surface area contributed by atoms with Gasteiger partial charge in [-0.05, 0) is 47.6 Å². The Kier molecular flexibility index (Phi) is 8.61. The summed E-state index contributed by atoms with van der Waals surface area (Å²) >= 11 is 0. The van der Waals surface area contributed by atoms with Gasteiger partial charge in [-0.3, -0.25) is 9.59 Å². The summed E-state index contributed by atoms with van der Waals surface area (Å²) < 4.78 is 0. The van der Waals surface area contributed by atoms with Crippen LogP contribution in [-0.4, -0.2) is 22.9 Å². The molecule has 0 aromatic heterocycles. The lowest BCUT2D eigenvalue weighted by molar-refractivity contribution is -0.121. The highest BCUT2D eigenvalue weighted by Gasteiger charge is 2.11. The van der Waals surface area contributed by atoms with Gasteiger partial charge >= 0.3 is 0 Å². The summed E-state index contributed by atoms with van der Waals surface area (Å²) in [7, 11) is 0. The number of carbonyl (C=O) groups is 2. The zero-order valence-corrected chi connectivity index (χ0v) is 12.9. The molecule has 0 aliphatic rings. The van der Waals surface area contributed by atoms with Crippen molar-refractivity contribution >= 4 is 11.8 Å². The van der Waals surface area contributed by atoms with Crippen LogP contribution in [0.1, 0.15) is 48.0 Å². The van der Waals surface area contributed by atoms with Crippen LogP contribution in [0, 0.1) is 12.3 Å². The fourth-order valence-corrected chi connectivity index (χ4v) is 0.976. The van der Waals surface area contributed by atoms with E-state index < -0.39 is 0 Å². The monoisotopic (exact) mass is 266 g/mol. The minimum atomic E-state index is -0.173. The van der Waals surface area contributed by atoms with Gasteiger partial charge in [-0.1, -0.05) is 12.5 Å². The molecule has 4 heteroatoms. The number of carbonyl (C=O) groups excluding carboxylic acids is 2. The Bertz CT molecular complexity index is 352. The Morgan fingerprint density at radius 3 is 1.74 bits per heavy atom. The van der Waals surface area contributed by atoms with E-state index in [0.29, 0.717) is 0 Å². The van der Waals surface area contributed by atoms with Gasteiger partial charge < -0.3 is 10.6 Å². The third-order valence-electron chi connectivity index (χ3n) is 1.46. The summed E-state index contributed by atoms with van der Waals surface area (Å²) in [4.78, 5) is 21.4. The summed E-state index contributed by atoms with van der Waals surface area (Å²) in [5.41, 5.74) is -0.320. The second kappa shape index (κ2) is 8.36. The van der Waals surface area contributed by atoms with E-state index >= 15 is 0 Å². The second-order valence-corrected chi connectivity index (χ2v) is 6.12. The molecule has 0 aromatic rings. The van der Waals surface area contributed by atoms with Crippen molar-refractivity contribution < 1.29 is 9.59 Å². The highest BCUT2D eigenvalue weighted by molar-refractivity contribution is 5.87. The van der Waals surface area contributed by atoms with Gasteiger partial charge in [0.25, 0.3) is 0 Å². The molecule has 0 aromatic carbocycles. The van der Waals surface area contributed by atoms with Gasteiger partial charge in [-0.25, -0.2) is 0 Å². The summed E-state index contributed by atoms with van der Waals surface area (Å²) in [5.74, 6) is 2.07. The Balaban J connectivity index is 0. The highest BCUT2D eigenvalue weighted by atomic mass is 16.2. The number of hydrogen-bond donors (Lipinski definition) is 2. The molecule has 0 aliphatic heterocycles. The van der Waals surface area contributed by atoms with Crippen LogP contribution in [0.3, 0.4) is 0 Å². The third-order valence-corrected chi connectivity index (χ3v) is 1.46. The molecule has 0 spiro atoms. The van der Waals surface area contributed by atoms with Gasteiger partial charge in [0.2, 0.25) is 11.8 Å². The first-order valence-electron chi connectivity index (χ1n) is 6.10. The Labute approximate surface area is 117 Å². The number of hydrogen-bond acceptors (Lipinski definition) is 2. The second-order valence-electron chi connectivity index (χ2n) is 6.12. The van der Waals surface area contributed by atoms with Gasteiger partial charge in [-0.2, -0.15) is 0 Å². The average Bonchev–Trinajstić information content (AvgIpc) is 2.13. The maximum Gasteiger partial charge on any atom is 0.243 e. The molecular formula is C15H26N2O2. The van der Waals surface area contributed by atoms with E-state index in [1.807, 2.05) is 41.5 Å². The number of terminal acetylenes is 1. The molecule has 2 N–H and O–H groups in total. The van der Waals surface area contributed by atoms with Gasteiger partial charge in [0.05, 0.1) is 6.42 Å². The van der Waals surface area contributed by atoms with Crippen molar-refractivity contribution in [2.75, 3.05) is 0 Å². The van der Waals surface area contributed by atoms with E-state index in [1.165, 1.54) is 6.08 Å². The van der Waals surface area contributed by atoms with E-state index in [0.717, 1.165) is 0 Å². The largest absolute Gasteiger partial charge is 0.351 e. The lowest BCUT2D eigenvalue weighted by atomic mass is 10.1. The molecule has 0 heterocycles. The third kappa shape index (κ3) is 18.8. The van der Waals surface area contributed by atoms with Crippen molar-refractivity contribution in [3.63, 3.8) is 0 Å². The van der Waals surface area contributed by atoms with Crippen molar-refractivity contribution in [1.82, 2.24) is 10.6 Å². The van der Waals surface area contributed by atoms with Crippen LogP contribution < -0.4 is 10.6 Å². The fourth-order valence-electron chi connectivity index (χ4n) is 0.976. The van der Waals surface area contributed by atoms with Crippen molar-refractivity contribution in [3.05, 3.63) is 12.7 Å². The lowest BCUT2D eigenvalue weighted by Crippen LogP contribution is -2.40. The first-order chi connectivity index (χ1) is 8.41. The molecule has 19 heavy (non-hydrogen) atoms. The van der Waals surface area contributed by atoms with E-state index in [2.05, 4.69) is 23.1 Å². The average molecular weight is 266 g/mol. The van der Waals surface area contributed by atoms with E-state index in [1.54, 1.807) is 0 Å².